The van der Waals surface area contributed by atoms with Crippen LogP contribution in [0.4, 0.5) is 0 Å². The third kappa shape index (κ3) is 5.26. The van der Waals surface area contributed by atoms with Crippen LogP contribution in [0.5, 0.6) is 5.75 Å². The Kier molecular flexibility index (Phi) is 7.35. The van der Waals surface area contributed by atoms with Crippen molar-refractivity contribution in [1.82, 2.24) is 14.1 Å². The number of piperazine rings is 1. The zero-order chi connectivity index (χ0) is 22.6. The van der Waals surface area contributed by atoms with Crippen molar-refractivity contribution in [3.63, 3.8) is 0 Å². The molecule has 9 heteroatoms. The second-order valence-electron chi connectivity index (χ2n) is 8.05. The van der Waals surface area contributed by atoms with E-state index in [0.29, 0.717) is 49.1 Å². The lowest BCUT2D eigenvalue weighted by Crippen LogP contribution is -2.49. The van der Waals surface area contributed by atoms with Crippen LogP contribution in [0.3, 0.4) is 0 Å². The van der Waals surface area contributed by atoms with E-state index in [1.165, 1.54) is 4.31 Å². The first kappa shape index (κ1) is 23.0. The third-order valence-electron chi connectivity index (χ3n) is 5.97. The maximum Gasteiger partial charge on any atom is 0.253 e. The van der Waals surface area contributed by atoms with Crippen molar-refractivity contribution in [2.45, 2.75) is 17.7 Å². The van der Waals surface area contributed by atoms with Crippen LogP contribution >= 0.6 is 11.6 Å². The minimum atomic E-state index is -3.46. The predicted octanol–water partition coefficient (Wildman–Crippen LogP) is 2.96. The highest BCUT2D eigenvalue weighted by atomic mass is 35.5. The smallest absolute Gasteiger partial charge is 0.253 e. The summed E-state index contributed by atoms with van der Waals surface area (Å²) >= 11 is 6.11. The van der Waals surface area contributed by atoms with E-state index in [1.807, 2.05) is 23.1 Å². The Morgan fingerprint density at radius 1 is 0.906 bits per heavy atom. The van der Waals surface area contributed by atoms with Gasteiger partial charge in [0.2, 0.25) is 10.0 Å². The molecule has 0 spiro atoms. The molecule has 0 radical (unpaired) electrons. The van der Waals surface area contributed by atoms with Crippen molar-refractivity contribution >= 4 is 27.5 Å². The minimum Gasteiger partial charge on any atom is -0.491 e. The van der Waals surface area contributed by atoms with Crippen molar-refractivity contribution in [2.75, 3.05) is 52.4 Å². The molecular formula is C23H28ClN3O4S. The van der Waals surface area contributed by atoms with Gasteiger partial charge in [-0.05, 0) is 49.2 Å². The maximum atomic E-state index is 12.9. The molecule has 0 saturated carbocycles. The molecule has 0 N–H and O–H groups in total. The van der Waals surface area contributed by atoms with Crippen molar-refractivity contribution in [2.24, 2.45) is 0 Å². The number of carbonyl (C=O) groups excluding carboxylic acids is 1. The van der Waals surface area contributed by atoms with E-state index >= 15 is 0 Å². The van der Waals surface area contributed by atoms with Crippen LogP contribution in [0.15, 0.2) is 53.4 Å². The van der Waals surface area contributed by atoms with E-state index in [4.69, 9.17) is 16.3 Å². The molecule has 1 amide bonds. The van der Waals surface area contributed by atoms with E-state index in [-0.39, 0.29) is 10.8 Å². The first-order chi connectivity index (χ1) is 15.4. The normalized spacial score (nSPS) is 18.1. The third-order valence-corrected chi connectivity index (χ3v) is 8.19. The Balaban J connectivity index is 1.26. The summed E-state index contributed by atoms with van der Waals surface area (Å²) in [5, 5.41) is 0.599. The second kappa shape index (κ2) is 10.2. The lowest BCUT2D eigenvalue weighted by molar-refractivity contribution is 0.0620. The number of nitrogens with zero attached hydrogens (tertiary/aromatic N) is 3. The fourth-order valence-corrected chi connectivity index (χ4v) is 5.76. The summed E-state index contributed by atoms with van der Waals surface area (Å²) in [5.41, 5.74) is 0.515. The van der Waals surface area contributed by atoms with Gasteiger partial charge in [-0.2, -0.15) is 4.31 Å². The summed E-state index contributed by atoms with van der Waals surface area (Å²) in [6.07, 6.45) is 1.79. The van der Waals surface area contributed by atoms with Gasteiger partial charge in [0.25, 0.3) is 5.91 Å². The van der Waals surface area contributed by atoms with E-state index < -0.39 is 10.0 Å². The van der Waals surface area contributed by atoms with Crippen LogP contribution < -0.4 is 4.74 Å². The fraction of sp³-hybridized carbons (Fsp3) is 0.435. The highest BCUT2D eigenvalue weighted by Crippen LogP contribution is 2.23. The average molecular weight is 478 g/mol. The number of hydrogen-bond donors (Lipinski definition) is 0. The van der Waals surface area contributed by atoms with Gasteiger partial charge in [-0.1, -0.05) is 23.7 Å². The first-order valence-electron chi connectivity index (χ1n) is 10.9. The SMILES string of the molecule is O=C(c1ccc(S(=O)(=O)N2CCCC2)cc1)N1CCN(CCOc2ccccc2Cl)CC1. The number of ether oxygens (including phenoxy) is 1. The van der Waals surface area contributed by atoms with Gasteiger partial charge < -0.3 is 9.64 Å². The molecule has 0 atom stereocenters. The van der Waals surface area contributed by atoms with Gasteiger partial charge in [-0.25, -0.2) is 8.42 Å². The number of carbonyl (C=O) groups is 1. The number of sulfonamides is 1. The van der Waals surface area contributed by atoms with Crippen LogP contribution in [-0.2, 0) is 10.0 Å². The molecule has 0 aliphatic carbocycles. The minimum absolute atomic E-state index is 0.0675. The van der Waals surface area contributed by atoms with Crippen LogP contribution in [0.1, 0.15) is 23.2 Å². The molecule has 32 heavy (non-hydrogen) atoms. The Morgan fingerprint density at radius 2 is 1.56 bits per heavy atom. The molecule has 0 unspecified atom stereocenters. The van der Waals surface area contributed by atoms with Gasteiger partial charge in [-0.3, -0.25) is 9.69 Å². The zero-order valence-electron chi connectivity index (χ0n) is 18.0. The van der Waals surface area contributed by atoms with Crippen molar-refractivity contribution in [3.8, 4) is 5.75 Å². The highest BCUT2D eigenvalue weighted by molar-refractivity contribution is 7.89. The molecule has 2 heterocycles. The molecule has 2 saturated heterocycles. The maximum absolute atomic E-state index is 12.9. The Morgan fingerprint density at radius 3 is 2.22 bits per heavy atom. The highest BCUT2D eigenvalue weighted by Gasteiger charge is 2.28. The predicted molar refractivity (Wildman–Crippen MR) is 124 cm³/mol. The van der Waals surface area contributed by atoms with Crippen LogP contribution in [0, 0.1) is 0 Å². The van der Waals surface area contributed by atoms with Crippen molar-refractivity contribution in [1.29, 1.82) is 0 Å². The average Bonchev–Trinajstić information content (AvgIpc) is 3.37. The molecule has 2 aliphatic heterocycles. The molecule has 2 aromatic rings. The van der Waals surface area contributed by atoms with Gasteiger partial charge >= 0.3 is 0 Å². The summed E-state index contributed by atoms with van der Waals surface area (Å²) in [7, 11) is -3.46. The molecule has 7 nitrogen and oxygen atoms in total. The van der Waals surface area contributed by atoms with Crippen LogP contribution in [-0.4, -0.2) is 80.9 Å². The van der Waals surface area contributed by atoms with E-state index in [2.05, 4.69) is 4.90 Å². The largest absolute Gasteiger partial charge is 0.491 e. The van der Waals surface area contributed by atoms with E-state index in [0.717, 1.165) is 32.5 Å². The van der Waals surface area contributed by atoms with E-state index in [9.17, 15) is 13.2 Å². The number of rotatable bonds is 7. The van der Waals surface area contributed by atoms with Gasteiger partial charge in [0.15, 0.2) is 0 Å². The lowest BCUT2D eigenvalue weighted by atomic mass is 10.2. The summed E-state index contributed by atoms with van der Waals surface area (Å²) in [4.78, 5) is 17.2. The molecule has 2 aromatic carbocycles. The van der Waals surface area contributed by atoms with Gasteiger partial charge in [0, 0.05) is 51.4 Å². The second-order valence-corrected chi connectivity index (χ2v) is 10.4. The molecule has 2 aliphatic rings. The van der Waals surface area contributed by atoms with E-state index in [1.54, 1.807) is 30.3 Å². The zero-order valence-corrected chi connectivity index (χ0v) is 19.5. The quantitative estimate of drug-likeness (QED) is 0.613. The summed E-state index contributed by atoms with van der Waals surface area (Å²) in [5.74, 6) is 0.611. The number of halogens is 1. The molecule has 0 aromatic heterocycles. The number of amides is 1. The number of para-hydroxylation sites is 1. The Bertz CT molecular complexity index is 1030. The van der Waals surface area contributed by atoms with Crippen LogP contribution in [0.2, 0.25) is 5.02 Å². The van der Waals surface area contributed by atoms with Crippen molar-refractivity contribution < 1.29 is 17.9 Å². The molecular weight excluding hydrogens is 450 g/mol. The lowest BCUT2D eigenvalue weighted by Gasteiger charge is -2.34. The molecule has 4 rings (SSSR count). The van der Waals surface area contributed by atoms with Gasteiger partial charge in [0.1, 0.15) is 12.4 Å². The number of benzene rings is 2. The molecule has 0 bridgehead atoms. The topological polar surface area (TPSA) is 70.2 Å². The first-order valence-corrected chi connectivity index (χ1v) is 12.8. The van der Waals surface area contributed by atoms with Gasteiger partial charge in [-0.15, -0.1) is 0 Å². The Hall–Kier alpha value is -2.13. The number of hydrogen-bond acceptors (Lipinski definition) is 5. The van der Waals surface area contributed by atoms with Gasteiger partial charge in [0.05, 0.1) is 9.92 Å². The summed E-state index contributed by atoms with van der Waals surface area (Å²) in [6, 6.07) is 13.7. The summed E-state index contributed by atoms with van der Waals surface area (Å²) in [6.45, 7) is 5.20. The van der Waals surface area contributed by atoms with Crippen LogP contribution in [0.25, 0.3) is 0 Å². The monoisotopic (exact) mass is 477 g/mol. The van der Waals surface area contributed by atoms with Crippen molar-refractivity contribution in [3.05, 3.63) is 59.1 Å². The molecule has 2 fully saturated rings. The summed E-state index contributed by atoms with van der Waals surface area (Å²) < 4.78 is 32.6. The Labute approximate surface area is 194 Å². The molecule has 172 valence electrons. The fourth-order valence-electron chi connectivity index (χ4n) is 4.05. The standard InChI is InChI=1S/C23H28ClN3O4S/c24-21-5-1-2-6-22(21)31-18-17-25-13-15-26(16-14-25)23(28)19-7-9-20(10-8-19)32(29,30)27-11-3-4-12-27/h1-2,5-10H,3-4,11-18H2.